The zero-order valence-corrected chi connectivity index (χ0v) is 11.7. The number of aromatic nitrogens is 2. The van der Waals surface area contributed by atoms with Gasteiger partial charge in [-0.1, -0.05) is 17.3 Å². The first kappa shape index (κ1) is 13.9. The molecule has 0 fully saturated rings. The van der Waals surface area contributed by atoms with Crippen molar-refractivity contribution >= 4 is 17.7 Å². The molecule has 8 heteroatoms. The number of carbonyl (C=O) groups is 1. The number of benzene rings is 1. The van der Waals surface area contributed by atoms with E-state index in [1.807, 2.05) is 24.3 Å². The molecule has 2 aromatic rings. The second-order valence-corrected chi connectivity index (χ2v) is 5.36. The van der Waals surface area contributed by atoms with E-state index in [0.29, 0.717) is 11.6 Å². The summed E-state index contributed by atoms with van der Waals surface area (Å²) in [5.74, 6) is 1.11. The molecule has 1 aliphatic rings. The van der Waals surface area contributed by atoms with Gasteiger partial charge in [-0.2, -0.15) is 4.98 Å². The van der Waals surface area contributed by atoms with E-state index in [4.69, 9.17) is 19.1 Å². The summed E-state index contributed by atoms with van der Waals surface area (Å²) < 4.78 is 15.7. The molecule has 1 N–H and O–H groups in total. The van der Waals surface area contributed by atoms with Crippen LogP contribution in [0.5, 0.6) is 5.75 Å². The maximum Gasteiger partial charge on any atom is 0.329 e. The van der Waals surface area contributed by atoms with Crippen molar-refractivity contribution in [1.82, 2.24) is 10.1 Å². The average Bonchev–Trinajstić information content (AvgIpc) is 2.95. The third kappa shape index (κ3) is 3.34. The molecule has 1 atom stereocenters. The molecule has 0 aliphatic carbocycles. The summed E-state index contributed by atoms with van der Waals surface area (Å²) in [6.45, 7) is -0.434. The molecule has 0 saturated carbocycles. The Labute approximate surface area is 124 Å². The summed E-state index contributed by atoms with van der Waals surface area (Å²) >= 11 is 1.67. The summed E-state index contributed by atoms with van der Waals surface area (Å²) in [4.78, 5) is 15.6. The van der Waals surface area contributed by atoms with Crippen LogP contribution >= 0.6 is 11.8 Å². The van der Waals surface area contributed by atoms with Crippen LogP contribution in [0.1, 0.15) is 17.8 Å². The molecule has 0 radical (unpaired) electrons. The van der Waals surface area contributed by atoms with Gasteiger partial charge in [0.25, 0.3) is 5.89 Å². The monoisotopic (exact) mass is 308 g/mol. The Morgan fingerprint density at radius 2 is 2.33 bits per heavy atom. The standard InChI is InChI=1S/C13H12N2O5S/c16-12(17)6-18-5-11-14-13(15-20-11)9-7-21-10-4-2-1-3-8(10)19-9/h1-4,9H,5-7H2,(H,16,17). The molecule has 0 bridgehead atoms. The quantitative estimate of drug-likeness (QED) is 0.895. The normalized spacial score (nSPS) is 17.0. The number of hydrogen-bond acceptors (Lipinski definition) is 7. The maximum atomic E-state index is 10.3. The Balaban J connectivity index is 1.63. The molecule has 1 aromatic heterocycles. The fourth-order valence-corrected chi connectivity index (χ4v) is 2.81. The van der Waals surface area contributed by atoms with Crippen molar-refractivity contribution in [2.75, 3.05) is 12.4 Å². The average molecular weight is 308 g/mol. The number of hydrogen-bond donors (Lipinski definition) is 1. The van der Waals surface area contributed by atoms with Gasteiger partial charge >= 0.3 is 5.97 Å². The van der Waals surface area contributed by atoms with Crippen molar-refractivity contribution in [3.8, 4) is 5.75 Å². The zero-order chi connectivity index (χ0) is 14.7. The van der Waals surface area contributed by atoms with E-state index in [1.54, 1.807) is 11.8 Å². The molecule has 1 unspecified atom stereocenters. The second-order valence-electron chi connectivity index (χ2n) is 4.30. The van der Waals surface area contributed by atoms with E-state index in [9.17, 15) is 4.79 Å². The first-order valence-corrected chi connectivity index (χ1v) is 7.21. The Bertz CT molecular complexity index is 645. The number of carboxylic acids is 1. The molecule has 0 saturated heterocycles. The van der Waals surface area contributed by atoms with Crippen LogP contribution in [0.15, 0.2) is 33.7 Å². The molecule has 21 heavy (non-hydrogen) atoms. The van der Waals surface area contributed by atoms with Crippen molar-refractivity contribution in [2.45, 2.75) is 17.6 Å². The van der Waals surface area contributed by atoms with Crippen LogP contribution in [-0.2, 0) is 16.1 Å². The van der Waals surface area contributed by atoms with E-state index < -0.39 is 12.6 Å². The van der Waals surface area contributed by atoms with Crippen LogP contribution in [0.2, 0.25) is 0 Å². The Kier molecular flexibility index (Phi) is 4.07. The highest BCUT2D eigenvalue weighted by Crippen LogP contribution is 2.39. The fourth-order valence-electron chi connectivity index (χ4n) is 1.83. The highest BCUT2D eigenvalue weighted by Gasteiger charge is 2.26. The molecular formula is C13H12N2O5S. The number of rotatable bonds is 5. The molecule has 110 valence electrons. The molecule has 0 spiro atoms. The van der Waals surface area contributed by atoms with Crippen LogP contribution in [-0.4, -0.2) is 33.6 Å². The van der Waals surface area contributed by atoms with Gasteiger partial charge in [0.05, 0.1) is 0 Å². The lowest BCUT2D eigenvalue weighted by molar-refractivity contribution is -0.142. The van der Waals surface area contributed by atoms with Gasteiger partial charge in [-0.25, -0.2) is 4.79 Å². The molecule has 1 aromatic carbocycles. The number of thioether (sulfide) groups is 1. The predicted octanol–water partition coefficient (Wildman–Crippen LogP) is 1.90. The van der Waals surface area contributed by atoms with Gasteiger partial charge in [-0.3, -0.25) is 0 Å². The largest absolute Gasteiger partial charge is 0.480 e. The molecular weight excluding hydrogens is 296 g/mol. The van der Waals surface area contributed by atoms with Gasteiger partial charge in [0, 0.05) is 10.6 Å². The summed E-state index contributed by atoms with van der Waals surface area (Å²) in [6.07, 6.45) is -0.290. The summed E-state index contributed by atoms with van der Waals surface area (Å²) in [7, 11) is 0. The van der Waals surface area contributed by atoms with E-state index in [0.717, 1.165) is 10.6 Å². The van der Waals surface area contributed by atoms with Crippen LogP contribution in [0.3, 0.4) is 0 Å². The van der Waals surface area contributed by atoms with Gasteiger partial charge in [0.15, 0.2) is 6.10 Å². The predicted molar refractivity (Wildman–Crippen MR) is 72.1 cm³/mol. The van der Waals surface area contributed by atoms with Crippen LogP contribution in [0.25, 0.3) is 0 Å². The van der Waals surface area contributed by atoms with Crippen LogP contribution < -0.4 is 4.74 Å². The SMILES string of the molecule is O=C(O)COCc1nc(C2CSc3ccccc3O2)no1. The van der Waals surface area contributed by atoms with Gasteiger partial charge in [-0.05, 0) is 12.1 Å². The van der Waals surface area contributed by atoms with Crippen molar-refractivity contribution in [1.29, 1.82) is 0 Å². The third-order valence-electron chi connectivity index (χ3n) is 2.73. The smallest absolute Gasteiger partial charge is 0.329 e. The van der Waals surface area contributed by atoms with Gasteiger partial charge in [0.1, 0.15) is 19.0 Å². The van der Waals surface area contributed by atoms with Crippen molar-refractivity contribution < 1.29 is 23.9 Å². The van der Waals surface area contributed by atoms with E-state index in [1.165, 1.54) is 0 Å². The molecule has 0 amide bonds. The van der Waals surface area contributed by atoms with Crippen LogP contribution in [0.4, 0.5) is 0 Å². The molecule has 7 nitrogen and oxygen atoms in total. The summed E-state index contributed by atoms with van der Waals surface area (Å²) in [6, 6.07) is 7.76. The minimum atomic E-state index is -1.04. The number of ether oxygens (including phenoxy) is 2. The van der Waals surface area contributed by atoms with Gasteiger partial charge < -0.3 is 19.1 Å². The Morgan fingerprint density at radius 3 is 3.19 bits per heavy atom. The molecule has 2 heterocycles. The Hall–Kier alpha value is -2.06. The molecule has 3 rings (SSSR count). The lowest BCUT2D eigenvalue weighted by Gasteiger charge is -2.22. The van der Waals surface area contributed by atoms with E-state index in [2.05, 4.69) is 10.1 Å². The zero-order valence-electron chi connectivity index (χ0n) is 10.9. The number of aliphatic carboxylic acids is 1. The van der Waals surface area contributed by atoms with E-state index in [-0.39, 0.29) is 18.6 Å². The maximum absolute atomic E-state index is 10.3. The van der Waals surface area contributed by atoms with Crippen molar-refractivity contribution in [3.63, 3.8) is 0 Å². The third-order valence-corrected chi connectivity index (χ3v) is 3.85. The first-order valence-electron chi connectivity index (χ1n) is 6.23. The van der Waals surface area contributed by atoms with Gasteiger partial charge in [-0.15, -0.1) is 11.8 Å². The minimum absolute atomic E-state index is 0.0320. The molecule has 1 aliphatic heterocycles. The summed E-state index contributed by atoms with van der Waals surface area (Å²) in [5.41, 5.74) is 0. The second kappa shape index (κ2) is 6.15. The number of carboxylic acid groups (broad SMARTS) is 1. The highest BCUT2D eigenvalue weighted by atomic mass is 32.2. The van der Waals surface area contributed by atoms with E-state index >= 15 is 0 Å². The number of fused-ring (bicyclic) bond motifs is 1. The topological polar surface area (TPSA) is 94.7 Å². The minimum Gasteiger partial charge on any atom is -0.480 e. The van der Waals surface area contributed by atoms with Crippen molar-refractivity contribution in [2.24, 2.45) is 0 Å². The lowest BCUT2D eigenvalue weighted by atomic mass is 10.3. The number of para-hydroxylation sites is 1. The fraction of sp³-hybridized carbons (Fsp3) is 0.308. The highest BCUT2D eigenvalue weighted by molar-refractivity contribution is 7.99. The number of nitrogens with zero attached hydrogens (tertiary/aromatic N) is 2. The van der Waals surface area contributed by atoms with Crippen molar-refractivity contribution in [3.05, 3.63) is 36.0 Å². The summed E-state index contributed by atoms with van der Waals surface area (Å²) in [5, 5.41) is 12.3. The first-order chi connectivity index (χ1) is 10.2. The van der Waals surface area contributed by atoms with Crippen LogP contribution in [0, 0.1) is 0 Å². The Morgan fingerprint density at radius 1 is 1.48 bits per heavy atom. The lowest BCUT2D eigenvalue weighted by Crippen LogP contribution is -2.16. The van der Waals surface area contributed by atoms with Gasteiger partial charge in [0.2, 0.25) is 5.82 Å².